The van der Waals surface area contributed by atoms with Crippen molar-refractivity contribution in [2.45, 2.75) is 39.3 Å². The minimum atomic E-state index is 0.290. The zero-order chi connectivity index (χ0) is 14.4. The number of aromatic nitrogens is 1. The Balaban J connectivity index is 1.97. The molecule has 2 aromatic rings. The zero-order valence-electron chi connectivity index (χ0n) is 12.3. The van der Waals surface area contributed by atoms with Gasteiger partial charge in [0.25, 0.3) is 0 Å². The van der Waals surface area contributed by atoms with Crippen LogP contribution in [0.25, 0.3) is 0 Å². The van der Waals surface area contributed by atoms with Gasteiger partial charge in [0, 0.05) is 12.5 Å². The van der Waals surface area contributed by atoms with Crippen LogP contribution in [0.3, 0.4) is 0 Å². The fourth-order valence-corrected chi connectivity index (χ4v) is 2.14. The van der Waals surface area contributed by atoms with Gasteiger partial charge in [-0.3, -0.25) is 0 Å². The van der Waals surface area contributed by atoms with E-state index >= 15 is 0 Å². The van der Waals surface area contributed by atoms with Gasteiger partial charge in [-0.15, -0.1) is 0 Å². The van der Waals surface area contributed by atoms with Crippen molar-refractivity contribution in [3.8, 4) is 5.75 Å². The van der Waals surface area contributed by atoms with E-state index < -0.39 is 0 Å². The first-order chi connectivity index (χ1) is 9.76. The van der Waals surface area contributed by atoms with Crippen molar-refractivity contribution in [1.82, 2.24) is 10.3 Å². The molecule has 1 aromatic heterocycles. The van der Waals surface area contributed by atoms with Crippen LogP contribution >= 0.6 is 0 Å². The number of hydrogen-bond donors (Lipinski definition) is 1. The molecule has 0 fully saturated rings. The minimum absolute atomic E-state index is 0.290. The van der Waals surface area contributed by atoms with Gasteiger partial charge in [0.2, 0.25) is 5.89 Å². The van der Waals surface area contributed by atoms with Gasteiger partial charge >= 0.3 is 0 Å². The van der Waals surface area contributed by atoms with Crippen LogP contribution in [-0.4, -0.2) is 12.1 Å². The second-order valence-corrected chi connectivity index (χ2v) is 4.69. The molecule has 1 aromatic carbocycles. The molecule has 0 bridgehead atoms. The highest BCUT2D eigenvalue weighted by atomic mass is 16.5. The summed E-state index contributed by atoms with van der Waals surface area (Å²) in [4.78, 5) is 4.27. The minimum Gasteiger partial charge on any atom is -0.497 e. The first kappa shape index (κ1) is 14.6. The summed E-state index contributed by atoms with van der Waals surface area (Å²) in [6.07, 6.45) is 3.68. The molecule has 0 aliphatic carbocycles. The van der Waals surface area contributed by atoms with Gasteiger partial charge in [-0.2, -0.15) is 0 Å². The SMILES string of the molecule is CCc1cnc(CNC(CC)c2ccc(OC)cc2)o1. The first-order valence-corrected chi connectivity index (χ1v) is 7.07. The number of methoxy groups -OCH3 is 1. The zero-order valence-corrected chi connectivity index (χ0v) is 12.3. The Bertz CT molecular complexity index is 520. The average molecular weight is 274 g/mol. The summed E-state index contributed by atoms with van der Waals surface area (Å²) in [5, 5.41) is 3.48. The topological polar surface area (TPSA) is 47.3 Å². The molecule has 0 amide bonds. The molecule has 0 aliphatic rings. The maximum absolute atomic E-state index is 5.61. The average Bonchev–Trinajstić information content (AvgIpc) is 2.96. The molecule has 1 unspecified atom stereocenters. The van der Waals surface area contributed by atoms with Crippen molar-refractivity contribution in [1.29, 1.82) is 0 Å². The first-order valence-electron chi connectivity index (χ1n) is 7.07. The third-order valence-electron chi connectivity index (χ3n) is 3.38. The Kier molecular flexibility index (Phi) is 5.18. The lowest BCUT2D eigenvalue weighted by molar-refractivity contribution is 0.409. The molecule has 1 N–H and O–H groups in total. The second kappa shape index (κ2) is 7.10. The Morgan fingerprint density at radius 3 is 2.55 bits per heavy atom. The quantitative estimate of drug-likeness (QED) is 0.839. The lowest BCUT2D eigenvalue weighted by Crippen LogP contribution is -2.20. The van der Waals surface area contributed by atoms with E-state index in [4.69, 9.17) is 9.15 Å². The van der Waals surface area contributed by atoms with Crippen LogP contribution in [-0.2, 0) is 13.0 Å². The number of nitrogens with zero attached hydrogens (tertiary/aromatic N) is 1. The van der Waals surface area contributed by atoms with E-state index in [2.05, 4.69) is 36.3 Å². The predicted molar refractivity (Wildman–Crippen MR) is 78.7 cm³/mol. The number of aryl methyl sites for hydroxylation is 1. The number of nitrogens with one attached hydrogen (secondary N) is 1. The Hall–Kier alpha value is -1.81. The molecule has 1 atom stereocenters. The molecular formula is C16H22N2O2. The molecule has 0 spiro atoms. The summed E-state index contributed by atoms with van der Waals surface area (Å²) in [7, 11) is 1.68. The molecule has 0 aliphatic heterocycles. The lowest BCUT2D eigenvalue weighted by Gasteiger charge is -2.16. The van der Waals surface area contributed by atoms with Gasteiger partial charge in [-0.1, -0.05) is 26.0 Å². The third-order valence-corrected chi connectivity index (χ3v) is 3.38. The molecule has 2 rings (SSSR count). The van der Waals surface area contributed by atoms with Crippen molar-refractivity contribution in [3.63, 3.8) is 0 Å². The van der Waals surface area contributed by atoms with Gasteiger partial charge in [0.05, 0.1) is 19.9 Å². The molecule has 108 valence electrons. The van der Waals surface area contributed by atoms with Gasteiger partial charge < -0.3 is 14.5 Å². The summed E-state index contributed by atoms with van der Waals surface area (Å²) >= 11 is 0. The van der Waals surface area contributed by atoms with E-state index in [0.717, 1.165) is 30.2 Å². The highest BCUT2D eigenvalue weighted by molar-refractivity contribution is 5.29. The van der Waals surface area contributed by atoms with Crippen LogP contribution in [0.2, 0.25) is 0 Å². The van der Waals surface area contributed by atoms with Gasteiger partial charge in [-0.05, 0) is 24.1 Å². The van der Waals surface area contributed by atoms with Gasteiger partial charge in [0.1, 0.15) is 11.5 Å². The summed E-state index contributed by atoms with van der Waals surface area (Å²) < 4.78 is 10.8. The summed E-state index contributed by atoms with van der Waals surface area (Å²) in [6, 6.07) is 8.44. The number of oxazole rings is 1. The molecule has 0 saturated heterocycles. The van der Waals surface area contributed by atoms with Crippen molar-refractivity contribution in [2.75, 3.05) is 7.11 Å². The normalized spacial score (nSPS) is 12.3. The molecule has 4 heteroatoms. The molecule has 0 radical (unpaired) electrons. The molecule has 20 heavy (non-hydrogen) atoms. The van der Waals surface area contributed by atoms with E-state index in [1.54, 1.807) is 13.3 Å². The fraction of sp³-hybridized carbons (Fsp3) is 0.438. The monoisotopic (exact) mass is 274 g/mol. The highest BCUT2D eigenvalue weighted by Gasteiger charge is 2.10. The number of rotatable bonds is 7. The molecule has 4 nitrogen and oxygen atoms in total. The van der Waals surface area contributed by atoms with Crippen LogP contribution in [0.4, 0.5) is 0 Å². The van der Waals surface area contributed by atoms with Crippen LogP contribution < -0.4 is 10.1 Å². The maximum Gasteiger partial charge on any atom is 0.208 e. The number of ether oxygens (including phenoxy) is 1. The van der Waals surface area contributed by atoms with E-state index in [1.165, 1.54) is 5.56 Å². The van der Waals surface area contributed by atoms with E-state index in [1.807, 2.05) is 12.1 Å². The smallest absolute Gasteiger partial charge is 0.208 e. The van der Waals surface area contributed by atoms with E-state index in [0.29, 0.717) is 6.54 Å². The summed E-state index contributed by atoms with van der Waals surface area (Å²) in [5.74, 6) is 2.55. The lowest BCUT2D eigenvalue weighted by atomic mass is 10.0. The van der Waals surface area contributed by atoms with Gasteiger partial charge in [0.15, 0.2) is 0 Å². The Labute approximate surface area is 120 Å². The maximum atomic E-state index is 5.61. The summed E-state index contributed by atoms with van der Waals surface area (Å²) in [6.45, 7) is 4.86. The molecule has 0 saturated carbocycles. The van der Waals surface area contributed by atoms with Gasteiger partial charge in [-0.25, -0.2) is 4.98 Å². The van der Waals surface area contributed by atoms with Crippen molar-refractivity contribution in [3.05, 3.63) is 47.7 Å². The standard InChI is InChI=1S/C16H22N2O2/c1-4-13-10-18-16(20-13)11-17-15(5-2)12-6-8-14(19-3)9-7-12/h6-10,15,17H,4-5,11H2,1-3H3. The Morgan fingerprint density at radius 1 is 1.25 bits per heavy atom. The Morgan fingerprint density at radius 2 is 2.00 bits per heavy atom. The van der Waals surface area contributed by atoms with Crippen molar-refractivity contribution in [2.24, 2.45) is 0 Å². The highest BCUT2D eigenvalue weighted by Crippen LogP contribution is 2.20. The predicted octanol–water partition coefficient (Wildman–Crippen LogP) is 3.49. The van der Waals surface area contributed by atoms with Crippen molar-refractivity contribution < 1.29 is 9.15 Å². The van der Waals surface area contributed by atoms with Crippen LogP contribution in [0.15, 0.2) is 34.9 Å². The third kappa shape index (κ3) is 3.61. The van der Waals surface area contributed by atoms with Crippen LogP contribution in [0, 0.1) is 0 Å². The van der Waals surface area contributed by atoms with Crippen molar-refractivity contribution >= 4 is 0 Å². The number of benzene rings is 1. The molecule has 1 heterocycles. The van der Waals surface area contributed by atoms with E-state index in [-0.39, 0.29) is 6.04 Å². The van der Waals surface area contributed by atoms with Crippen LogP contribution in [0.5, 0.6) is 5.75 Å². The summed E-state index contributed by atoms with van der Waals surface area (Å²) in [5.41, 5.74) is 1.25. The van der Waals surface area contributed by atoms with Crippen LogP contribution in [0.1, 0.15) is 43.5 Å². The number of hydrogen-bond acceptors (Lipinski definition) is 4. The molecular weight excluding hydrogens is 252 g/mol. The van der Waals surface area contributed by atoms with E-state index in [9.17, 15) is 0 Å². The second-order valence-electron chi connectivity index (χ2n) is 4.69. The fourth-order valence-electron chi connectivity index (χ4n) is 2.14. The largest absolute Gasteiger partial charge is 0.497 e.